The number of halogens is 2. The van der Waals surface area contributed by atoms with Gasteiger partial charge in [-0.3, -0.25) is 4.79 Å². The fourth-order valence-corrected chi connectivity index (χ4v) is 2.70. The van der Waals surface area contributed by atoms with Crippen LogP contribution in [0.1, 0.15) is 55.4 Å². The van der Waals surface area contributed by atoms with Crippen molar-refractivity contribution < 1.29 is 18.8 Å². The zero-order valence-corrected chi connectivity index (χ0v) is 22.2. The van der Waals surface area contributed by atoms with Gasteiger partial charge in [0.15, 0.2) is 17.9 Å². The van der Waals surface area contributed by atoms with Crippen LogP contribution in [0.4, 0.5) is 4.79 Å². The van der Waals surface area contributed by atoms with E-state index in [0.29, 0.717) is 13.2 Å². The lowest BCUT2D eigenvalue weighted by molar-refractivity contribution is -0.448. The lowest BCUT2D eigenvalue weighted by atomic mass is 10.2. The van der Waals surface area contributed by atoms with Crippen molar-refractivity contribution in [1.29, 1.82) is 0 Å². The third-order valence-corrected chi connectivity index (χ3v) is 4.28. The molecule has 0 fully saturated rings. The van der Waals surface area contributed by atoms with Crippen LogP contribution in [0.3, 0.4) is 0 Å². The molecule has 0 aliphatic carbocycles. The molecular formula is C22H36Cl2N5O4+. The molecule has 0 saturated heterocycles. The molecule has 33 heavy (non-hydrogen) atoms. The zero-order valence-electron chi connectivity index (χ0n) is 20.7. The van der Waals surface area contributed by atoms with Crippen LogP contribution < -0.4 is 15.6 Å². The van der Waals surface area contributed by atoms with Crippen LogP contribution in [0.15, 0.2) is 11.1 Å². The lowest BCUT2D eigenvalue weighted by Gasteiger charge is -2.17. The number of carbonyl (C=O) groups is 1. The molecular weight excluding hydrogens is 469 g/mol. The maximum absolute atomic E-state index is 11.6. The van der Waals surface area contributed by atoms with E-state index in [2.05, 4.69) is 20.3 Å². The van der Waals surface area contributed by atoms with Crippen molar-refractivity contribution >= 4 is 46.4 Å². The maximum Gasteiger partial charge on any atom is 0.596 e. The summed E-state index contributed by atoms with van der Waals surface area (Å²) in [7, 11) is 0. The van der Waals surface area contributed by atoms with Crippen LogP contribution in [0.5, 0.6) is 5.88 Å². The molecule has 0 spiro atoms. The summed E-state index contributed by atoms with van der Waals surface area (Å²) in [4.78, 5) is 33.4. The van der Waals surface area contributed by atoms with Gasteiger partial charge in [0.05, 0.1) is 26.0 Å². The Bertz CT molecular complexity index is 972. The summed E-state index contributed by atoms with van der Waals surface area (Å²) in [6.45, 7) is 18.0. The van der Waals surface area contributed by atoms with E-state index in [4.69, 9.17) is 32.7 Å². The minimum Gasteiger partial charge on any atom is -0.477 e. The Morgan fingerprint density at radius 2 is 1.85 bits per heavy atom. The first-order chi connectivity index (χ1) is 15.6. The summed E-state index contributed by atoms with van der Waals surface area (Å²) >= 11 is 11.7. The van der Waals surface area contributed by atoms with Crippen molar-refractivity contribution in [3.05, 3.63) is 26.9 Å². The van der Waals surface area contributed by atoms with Crippen molar-refractivity contribution in [2.75, 3.05) is 26.2 Å². The van der Waals surface area contributed by atoms with Crippen LogP contribution in [0.25, 0.3) is 10.9 Å². The highest BCUT2D eigenvalue weighted by Gasteiger charge is 2.26. The second-order valence-electron chi connectivity index (χ2n) is 6.97. The van der Waals surface area contributed by atoms with E-state index < -0.39 is 5.60 Å². The van der Waals surface area contributed by atoms with Gasteiger partial charge in [0, 0.05) is 0 Å². The summed E-state index contributed by atoms with van der Waals surface area (Å²) in [5, 5.41) is 3.54. The van der Waals surface area contributed by atoms with Gasteiger partial charge in [-0.15, -0.1) is 4.58 Å². The molecule has 0 radical (unpaired) electrons. The van der Waals surface area contributed by atoms with E-state index in [-0.39, 0.29) is 38.6 Å². The Balaban J connectivity index is 0.000000549. The molecule has 0 atom stereocenters. The molecule has 2 N–H and O–H groups in total. The largest absolute Gasteiger partial charge is 0.596 e. The van der Waals surface area contributed by atoms with Crippen molar-refractivity contribution in [3.8, 4) is 5.88 Å². The molecule has 186 valence electrons. The Kier molecular flexibility index (Phi) is 14.5. The minimum absolute atomic E-state index is 0.0655. The van der Waals surface area contributed by atoms with Crippen molar-refractivity contribution in [1.82, 2.24) is 20.3 Å². The molecule has 11 heteroatoms. The number of nitrogens with one attached hydrogen (secondary N) is 2. The molecule has 2 aromatic rings. The first-order valence-electron chi connectivity index (χ1n) is 11.0. The van der Waals surface area contributed by atoms with Crippen molar-refractivity contribution in [2.45, 2.75) is 61.0 Å². The summed E-state index contributed by atoms with van der Waals surface area (Å²) in [6.07, 6.45) is 2.81. The van der Waals surface area contributed by atoms with Gasteiger partial charge < -0.3 is 19.8 Å². The molecule has 2 aromatic heterocycles. The standard InChI is InChI=1S/C9H7Cl2N3O2.C9H17N2O2.2C2H6/c1-2-16-9-4-6(5(10)7(11)14-9)12-3-13-8(4)15;1-9(2,3)13-8(12)11-6-4-10-5-7-11;2*1-2/h3H,2H2,1H3,(H,12,13,15);6,10H,4-5,7H2,1-3H3;2*1-2H3/q;+1;;. The zero-order chi connectivity index (χ0) is 25.6. The number of hydrogen-bond acceptors (Lipinski definition) is 7. The van der Waals surface area contributed by atoms with Gasteiger partial charge in [-0.25, -0.2) is 4.98 Å². The molecule has 3 heterocycles. The molecule has 1 aliphatic heterocycles. The van der Waals surface area contributed by atoms with E-state index >= 15 is 0 Å². The number of hydrogen-bond donors (Lipinski definition) is 2. The third kappa shape index (κ3) is 10.1. The second kappa shape index (κ2) is 15.6. The number of aromatic nitrogens is 3. The van der Waals surface area contributed by atoms with E-state index in [1.54, 1.807) is 11.5 Å². The number of ether oxygens (including phenoxy) is 2. The normalized spacial score (nSPS) is 12.6. The predicted octanol–water partition coefficient (Wildman–Crippen LogP) is 4.68. The minimum atomic E-state index is -0.407. The van der Waals surface area contributed by atoms with Crippen LogP contribution in [-0.4, -0.2) is 63.7 Å². The number of nitrogens with zero attached hydrogens (tertiary/aromatic N) is 3. The average molecular weight is 505 g/mol. The number of aromatic amines is 1. The summed E-state index contributed by atoms with van der Waals surface area (Å²) in [6, 6.07) is 0. The van der Waals surface area contributed by atoms with Gasteiger partial charge >= 0.3 is 6.09 Å². The lowest BCUT2D eigenvalue weighted by Crippen LogP contribution is -2.40. The van der Waals surface area contributed by atoms with Gasteiger partial charge in [0.1, 0.15) is 21.5 Å². The van der Waals surface area contributed by atoms with Gasteiger partial charge in [-0.1, -0.05) is 50.9 Å². The number of fused-ring (bicyclic) bond motifs is 1. The SMILES string of the molecule is CC.CC.CC(C)(C)OC(=O)[N+]1=CCNCC1.CCOc1nc(Cl)c(Cl)c2nc[nH]c(=O)c12. The monoisotopic (exact) mass is 504 g/mol. The first-order valence-corrected chi connectivity index (χ1v) is 11.8. The second-order valence-corrected chi connectivity index (χ2v) is 7.71. The van der Waals surface area contributed by atoms with E-state index in [1.165, 1.54) is 6.33 Å². The van der Waals surface area contributed by atoms with E-state index in [9.17, 15) is 9.59 Å². The summed E-state index contributed by atoms with van der Waals surface area (Å²) in [5.74, 6) is 0.140. The van der Waals surface area contributed by atoms with Gasteiger partial charge in [0.25, 0.3) is 5.56 Å². The molecule has 0 aromatic carbocycles. The Morgan fingerprint density at radius 3 is 2.36 bits per heavy atom. The highest BCUT2D eigenvalue weighted by molar-refractivity contribution is 6.44. The number of pyridine rings is 1. The van der Waals surface area contributed by atoms with Crippen LogP contribution >= 0.6 is 23.2 Å². The predicted molar refractivity (Wildman–Crippen MR) is 134 cm³/mol. The first kappa shape index (κ1) is 30.8. The average Bonchev–Trinajstić information content (AvgIpc) is 2.80. The highest BCUT2D eigenvalue weighted by Crippen LogP contribution is 2.30. The smallest absolute Gasteiger partial charge is 0.477 e. The van der Waals surface area contributed by atoms with Crippen LogP contribution in [0.2, 0.25) is 10.2 Å². The quantitative estimate of drug-likeness (QED) is 0.450. The number of amides is 1. The van der Waals surface area contributed by atoms with Gasteiger partial charge in [-0.2, -0.15) is 9.78 Å². The molecule has 9 nitrogen and oxygen atoms in total. The van der Waals surface area contributed by atoms with E-state index in [0.717, 1.165) is 13.1 Å². The van der Waals surface area contributed by atoms with E-state index in [1.807, 2.05) is 54.7 Å². The maximum atomic E-state index is 11.6. The Labute approximate surface area is 205 Å². The Morgan fingerprint density at radius 1 is 1.21 bits per heavy atom. The van der Waals surface area contributed by atoms with Gasteiger partial charge in [0.2, 0.25) is 5.88 Å². The number of rotatable bonds is 2. The number of carbonyl (C=O) groups excluding carboxylic acids is 1. The summed E-state index contributed by atoms with van der Waals surface area (Å²) < 4.78 is 12.0. The molecule has 0 unspecified atom stereocenters. The summed E-state index contributed by atoms with van der Waals surface area (Å²) in [5.41, 5.74) is -0.483. The molecule has 0 bridgehead atoms. The number of H-pyrrole nitrogens is 1. The topological polar surface area (TPSA) is 109 Å². The van der Waals surface area contributed by atoms with Crippen molar-refractivity contribution in [2.24, 2.45) is 0 Å². The molecule has 0 saturated carbocycles. The molecule has 1 aliphatic rings. The van der Waals surface area contributed by atoms with Crippen LogP contribution in [0, 0.1) is 0 Å². The molecule has 1 amide bonds. The van der Waals surface area contributed by atoms with Gasteiger partial charge in [-0.05, 0) is 27.7 Å². The third-order valence-electron chi connectivity index (χ3n) is 3.55. The van der Waals surface area contributed by atoms with Crippen LogP contribution in [-0.2, 0) is 4.74 Å². The highest BCUT2D eigenvalue weighted by atomic mass is 35.5. The Hall–Kier alpha value is -2.23. The van der Waals surface area contributed by atoms with Crippen molar-refractivity contribution in [3.63, 3.8) is 0 Å². The fraction of sp³-hybridized carbons (Fsp3) is 0.591. The molecule has 3 rings (SSSR count). The fourth-order valence-electron chi connectivity index (χ4n) is 2.35.